The first kappa shape index (κ1) is 20.8. The molecule has 3 aliphatic heterocycles. The Kier molecular flexibility index (Phi) is 5.97. The number of hydrogen-bond donors (Lipinski definition) is 0. The molecular formula is C19H30N4O5S. The van der Waals surface area contributed by atoms with Crippen molar-refractivity contribution in [3.05, 3.63) is 18.2 Å². The molecule has 1 aromatic rings. The summed E-state index contributed by atoms with van der Waals surface area (Å²) in [7, 11) is -3.25. The highest BCUT2D eigenvalue weighted by atomic mass is 32.2. The van der Waals surface area contributed by atoms with Crippen LogP contribution >= 0.6 is 0 Å². The third kappa shape index (κ3) is 4.08. The first-order valence-corrected chi connectivity index (χ1v) is 12.1. The van der Waals surface area contributed by atoms with Gasteiger partial charge >= 0.3 is 0 Å². The maximum Gasteiger partial charge on any atom is 0.253 e. The molecule has 0 unspecified atom stereocenters. The van der Waals surface area contributed by atoms with Crippen LogP contribution in [0.15, 0.2) is 12.4 Å². The number of unbranched alkanes of at least 4 members (excludes halogenated alkanes) is 1. The molecule has 9 nitrogen and oxygen atoms in total. The summed E-state index contributed by atoms with van der Waals surface area (Å²) in [5.41, 5.74) is -0.717. The number of hydrogen-bond acceptors (Lipinski definition) is 6. The van der Waals surface area contributed by atoms with Gasteiger partial charge in [-0.3, -0.25) is 4.79 Å². The zero-order valence-corrected chi connectivity index (χ0v) is 17.8. The van der Waals surface area contributed by atoms with Gasteiger partial charge in [-0.25, -0.2) is 17.7 Å². The van der Waals surface area contributed by atoms with Crippen molar-refractivity contribution in [1.82, 2.24) is 18.8 Å². The summed E-state index contributed by atoms with van der Waals surface area (Å²) in [5, 5.41) is 0. The molecule has 10 heteroatoms. The maximum absolute atomic E-state index is 13.1. The second-order valence-electron chi connectivity index (χ2n) is 8.01. The number of carbonyl (C=O) groups is 1. The molecule has 0 aliphatic carbocycles. The van der Waals surface area contributed by atoms with Crippen LogP contribution in [0.2, 0.25) is 0 Å². The van der Waals surface area contributed by atoms with Crippen molar-refractivity contribution in [3.8, 4) is 0 Å². The summed E-state index contributed by atoms with van der Waals surface area (Å²) in [4.78, 5) is 19.4. The predicted molar refractivity (Wildman–Crippen MR) is 106 cm³/mol. The van der Waals surface area contributed by atoms with Crippen LogP contribution in [0, 0.1) is 0 Å². The molecule has 3 aliphatic rings. The number of amides is 1. The minimum absolute atomic E-state index is 0.0231. The van der Waals surface area contributed by atoms with Crippen LogP contribution in [0.5, 0.6) is 0 Å². The summed E-state index contributed by atoms with van der Waals surface area (Å²) in [6, 6.07) is 0. The molecule has 0 N–H and O–H groups in total. The zero-order valence-electron chi connectivity index (χ0n) is 17.0. The number of ether oxygens (including phenoxy) is 2. The minimum Gasteiger partial charge on any atom is -0.378 e. The predicted octanol–water partition coefficient (Wildman–Crippen LogP) is 0.562. The average Bonchev–Trinajstić information content (AvgIpc) is 3.22. The van der Waals surface area contributed by atoms with Crippen LogP contribution in [-0.4, -0.2) is 84.3 Å². The summed E-state index contributed by atoms with van der Waals surface area (Å²) in [6.07, 6.45) is 5.54. The molecule has 1 aromatic heterocycles. The molecule has 0 aromatic carbocycles. The van der Waals surface area contributed by atoms with Crippen LogP contribution in [-0.2, 0) is 36.4 Å². The SMILES string of the molecule is CCCCS(=O)(=O)N1CCC2(CC1)O[C@@H](C(=O)N1CCOCC1)Cn1ccnc12. The van der Waals surface area contributed by atoms with Crippen molar-refractivity contribution in [2.75, 3.05) is 45.1 Å². The van der Waals surface area contributed by atoms with Gasteiger partial charge in [0.25, 0.3) is 5.91 Å². The van der Waals surface area contributed by atoms with Crippen LogP contribution < -0.4 is 0 Å². The Morgan fingerprint density at radius 2 is 1.97 bits per heavy atom. The van der Waals surface area contributed by atoms with Crippen molar-refractivity contribution in [2.24, 2.45) is 0 Å². The van der Waals surface area contributed by atoms with Gasteiger partial charge in [0, 0.05) is 38.6 Å². The Morgan fingerprint density at radius 1 is 1.24 bits per heavy atom. The van der Waals surface area contributed by atoms with Crippen LogP contribution in [0.25, 0.3) is 0 Å². The van der Waals surface area contributed by atoms with E-state index in [2.05, 4.69) is 4.98 Å². The van der Waals surface area contributed by atoms with E-state index in [9.17, 15) is 13.2 Å². The summed E-state index contributed by atoms with van der Waals surface area (Å²) in [6.45, 7) is 5.44. The molecule has 0 radical (unpaired) electrons. The lowest BCUT2D eigenvalue weighted by atomic mass is 9.89. The van der Waals surface area contributed by atoms with Crippen LogP contribution in [0.3, 0.4) is 0 Å². The Labute approximate surface area is 172 Å². The Bertz CT molecular complexity index is 825. The fraction of sp³-hybridized carbons (Fsp3) is 0.789. The highest BCUT2D eigenvalue weighted by molar-refractivity contribution is 7.89. The van der Waals surface area contributed by atoms with E-state index in [-0.39, 0.29) is 11.7 Å². The third-order valence-electron chi connectivity index (χ3n) is 6.13. The second-order valence-corrected chi connectivity index (χ2v) is 10.1. The van der Waals surface area contributed by atoms with Gasteiger partial charge in [0.1, 0.15) is 11.4 Å². The topological polar surface area (TPSA) is 94.0 Å². The van der Waals surface area contributed by atoms with Gasteiger partial charge in [0.2, 0.25) is 10.0 Å². The molecular weight excluding hydrogens is 396 g/mol. The van der Waals surface area contributed by atoms with Crippen molar-refractivity contribution >= 4 is 15.9 Å². The molecule has 4 heterocycles. The van der Waals surface area contributed by atoms with E-state index < -0.39 is 21.7 Å². The molecule has 2 saturated heterocycles. The van der Waals surface area contributed by atoms with Gasteiger partial charge in [0.15, 0.2) is 6.10 Å². The lowest BCUT2D eigenvalue weighted by Gasteiger charge is -2.46. The molecule has 1 atom stereocenters. The van der Waals surface area contributed by atoms with Crippen LogP contribution in [0.1, 0.15) is 38.4 Å². The van der Waals surface area contributed by atoms with E-state index in [0.717, 1.165) is 12.2 Å². The van der Waals surface area contributed by atoms with E-state index >= 15 is 0 Å². The van der Waals surface area contributed by atoms with Crippen LogP contribution in [0.4, 0.5) is 0 Å². The number of piperidine rings is 1. The number of morpholine rings is 1. The van der Waals surface area contributed by atoms with E-state index in [1.165, 1.54) is 0 Å². The first-order valence-electron chi connectivity index (χ1n) is 10.5. The van der Waals surface area contributed by atoms with Crippen molar-refractivity contribution in [1.29, 1.82) is 0 Å². The number of aromatic nitrogens is 2. The zero-order chi connectivity index (χ0) is 20.5. The monoisotopic (exact) mass is 426 g/mol. The number of rotatable bonds is 5. The van der Waals surface area contributed by atoms with Crippen molar-refractivity contribution in [3.63, 3.8) is 0 Å². The number of carbonyl (C=O) groups excluding carboxylic acids is 1. The van der Waals surface area contributed by atoms with E-state index in [0.29, 0.717) is 65.2 Å². The molecule has 4 rings (SSSR count). The fourth-order valence-electron chi connectivity index (χ4n) is 4.44. The van der Waals surface area contributed by atoms with Crippen molar-refractivity contribution < 1.29 is 22.7 Å². The average molecular weight is 427 g/mol. The Hall–Kier alpha value is -1.49. The number of fused-ring (bicyclic) bond motifs is 2. The Balaban J connectivity index is 1.50. The molecule has 162 valence electrons. The van der Waals surface area contributed by atoms with E-state index in [1.807, 2.05) is 17.7 Å². The normalized spacial score (nSPS) is 25.1. The van der Waals surface area contributed by atoms with E-state index in [4.69, 9.17) is 9.47 Å². The van der Waals surface area contributed by atoms with Gasteiger partial charge in [-0.1, -0.05) is 13.3 Å². The molecule has 2 fully saturated rings. The number of sulfonamides is 1. The highest BCUT2D eigenvalue weighted by Crippen LogP contribution is 2.41. The molecule has 29 heavy (non-hydrogen) atoms. The molecule has 1 amide bonds. The fourth-order valence-corrected chi connectivity index (χ4v) is 6.09. The second kappa shape index (κ2) is 8.33. The maximum atomic E-state index is 13.1. The summed E-state index contributed by atoms with van der Waals surface area (Å²) < 4.78 is 40.5. The Morgan fingerprint density at radius 3 is 2.66 bits per heavy atom. The van der Waals surface area contributed by atoms with Gasteiger partial charge in [-0.05, 0) is 19.3 Å². The molecule has 1 spiro atoms. The lowest BCUT2D eigenvalue weighted by Crippen LogP contribution is -2.56. The van der Waals surface area contributed by atoms with Gasteiger partial charge in [-0.2, -0.15) is 0 Å². The van der Waals surface area contributed by atoms with Gasteiger partial charge < -0.3 is 18.9 Å². The standard InChI is InChI=1S/C19H30N4O5S/c1-2-3-14-29(25,26)23-7-4-19(5-8-23)18-20-6-9-22(18)15-16(28-19)17(24)21-10-12-27-13-11-21/h6,9,16H,2-5,7-8,10-15H2,1H3/t16-/m1/s1. The third-order valence-corrected chi connectivity index (χ3v) is 8.09. The van der Waals surface area contributed by atoms with Gasteiger partial charge in [0.05, 0.1) is 25.5 Å². The smallest absolute Gasteiger partial charge is 0.253 e. The quantitative estimate of drug-likeness (QED) is 0.683. The van der Waals surface area contributed by atoms with Gasteiger partial charge in [-0.15, -0.1) is 0 Å². The van der Waals surface area contributed by atoms with E-state index in [1.54, 1.807) is 15.4 Å². The summed E-state index contributed by atoms with van der Waals surface area (Å²) >= 11 is 0. The molecule has 0 saturated carbocycles. The highest BCUT2D eigenvalue weighted by Gasteiger charge is 2.49. The lowest BCUT2D eigenvalue weighted by molar-refractivity contribution is -0.181. The molecule has 0 bridgehead atoms. The summed E-state index contributed by atoms with van der Waals surface area (Å²) in [5.74, 6) is 0.962. The largest absolute Gasteiger partial charge is 0.378 e. The number of nitrogens with zero attached hydrogens (tertiary/aromatic N) is 4. The minimum atomic E-state index is -3.25. The first-order chi connectivity index (χ1) is 14.0. The van der Waals surface area contributed by atoms with Crippen molar-refractivity contribution in [2.45, 2.75) is 50.9 Å². The number of imidazole rings is 1.